The Bertz CT molecular complexity index is 1380. The summed E-state index contributed by atoms with van der Waals surface area (Å²) >= 11 is 0. The molecule has 5 rings (SSSR count). The second-order valence-corrected chi connectivity index (χ2v) is 7.33. The average molecular weight is 376 g/mol. The van der Waals surface area contributed by atoms with Gasteiger partial charge in [-0.1, -0.05) is 60.7 Å². The van der Waals surface area contributed by atoms with Crippen LogP contribution in [0.1, 0.15) is 22.8 Å². The third-order valence-corrected chi connectivity index (χ3v) is 5.58. The summed E-state index contributed by atoms with van der Waals surface area (Å²) < 4.78 is 0. The number of H-pyrrole nitrogens is 1. The van der Waals surface area contributed by atoms with Crippen molar-refractivity contribution in [2.45, 2.75) is 13.8 Å². The van der Waals surface area contributed by atoms with Crippen molar-refractivity contribution in [3.63, 3.8) is 0 Å². The minimum absolute atomic E-state index is 0.0614. The number of nitrogens with one attached hydrogen (secondary N) is 1. The molecule has 0 amide bonds. The number of benzene rings is 3. The van der Waals surface area contributed by atoms with E-state index in [1.165, 1.54) is 0 Å². The van der Waals surface area contributed by atoms with Crippen molar-refractivity contribution < 1.29 is 4.79 Å². The number of hydrogen-bond acceptors (Lipinski definition) is 2. The number of ketones is 1. The fraction of sp³-hybridized carbons (Fsp3) is 0.0769. The predicted octanol–water partition coefficient (Wildman–Crippen LogP) is 6.56. The van der Waals surface area contributed by atoms with E-state index in [9.17, 15) is 4.79 Å². The third-order valence-electron chi connectivity index (χ3n) is 5.58. The summed E-state index contributed by atoms with van der Waals surface area (Å²) in [6.45, 7) is 3.66. The van der Waals surface area contributed by atoms with Gasteiger partial charge in [-0.05, 0) is 42.3 Å². The fourth-order valence-electron chi connectivity index (χ4n) is 4.26. The van der Waals surface area contributed by atoms with E-state index in [0.717, 1.165) is 55.3 Å². The molecule has 0 saturated carbocycles. The number of carbonyl (C=O) groups excluding carboxylic acids is 1. The molecule has 1 N–H and O–H groups in total. The van der Waals surface area contributed by atoms with Crippen molar-refractivity contribution in [1.82, 2.24) is 9.97 Å². The molecule has 0 atom stereocenters. The molecule has 0 aliphatic heterocycles. The van der Waals surface area contributed by atoms with Crippen LogP contribution in [0.5, 0.6) is 0 Å². The van der Waals surface area contributed by atoms with Crippen LogP contribution in [-0.2, 0) is 0 Å². The van der Waals surface area contributed by atoms with Gasteiger partial charge in [-0.25, -0.2) is 0 Å². The molecule has 5 aromatic rings. The first-order valence-corrected chi connectivity index (χ1v) is 9.71. The Hall–Kier alpha value is -3.72. The maximum absolute atomic E-state index is 12.7. The minimum Gasteiger partial charge on any atom is -0.354 e. The SMILES string of the molecule is CC(=O)c1c(-c2cccc3ccccc23)[nH]c(-c2ccnc3ccccc23)c1C. The van der Waals surface area contributed by atoms with Crippen LogP contribution < -0.4 is 0 Å². The second kappa shape index (κ2) is 6.71. The van der Waals surface area contributed by atoms with E-state index >= 15 is 0 Å². The van der Waals surface area contributed by atoms with Gasteiger partial charge in [0.15, 0.2) is 5.78 Å². The van der Waals surface area contributed by atoms with Crippen LogP contribution in [0.2, 0.25) is 0 Å². The zero-order chi connectivity index (χ0) is 20.0. The smallest absolute Gasteiger partial charge is 0.162 e. The lowest BCUT2D eigenvalue weighted by molar-refractivity contribution is 0.101. The Labute approximate surface area is 169 Å². The lowest BCUT2D eigenvalue weighted by Crippen LogP contribution is -1.96. The van der Waals surface area contributed by atoms with Crippen molar-refractivity contribution >= 4 is 27.5 Å². The number of hydrogen-bond donors (Lipinski definition) is 1. The maximum atomic E-state index is 12.7. The number of Topliss-reactive ketones (excluding diaryl/α,β-unsaturated/α-hetero) is 1. The topological polar surface area (TPSA) is 45.8 Å². The molecule has 3 aromatic carbocycles. The summed E-state index contributed by atoms with van der Waals surface area (Å²) in [7, 11) is 0. The highest BCUT2D eigenvalue weighted by Gasteiger charge is 2.22. The zero-order valence-corrected chi connectivity index (χ0v) is 16.4. The summed E-state index contributed by atoms with van der Waals surface area (Å²) in [6, 6.07) is 24.6. The number of para-hydroxylation sites is 1. The Morgan fingerprint density at radius 1 is 0.793 bits per heavy atom. The number of rotatable bonds is 3. The number of pyridine rings is 1. The number of carbonyl (C=O) groups is 1. The van der Waals surface area contributed by atoms with Gasteiger partial charge in [0.2, 0.25) is 0 Å². The van der Waals surface area contributed by atoms with Crippen LogP contribution in [0.25, 0.3) is 44.2 Å². The molecule has 0 aliphatic rings. The van der Waals surface area contributed by atoms with E-state index in [2.05, 4.69) is 40.3 Å². The fourth-order valence-corrected chi connectivity index (χ4v) is 4.26. The molecule has 0 fully saturated rings. The first-order chi connectivity index (χ1) is 14.1. The molecule has 2 aromatic heterocycles. The first-order valence-electron chi connectivity index (χ1n) is 9.71. The standard InChI is InChI=1S/C26H20N2O/c1-16-24(17(2)29)26(21-12-7-9-18-8-3-4-10-19(18)21)28-25(16)22-14-15-27-23-13-6-5-11-20(22)23/h3-15,28H,1-2H3. The number of nitrogens with zero attached hydrogens (tertiary/aromatic N) is 1. The predicted molar refractivity (Wildman–Crippen MR) is 119 cm³/mol. The van der Waals surface area contributed by atoms with Crippen molar-refractivity contribution in [3.8, 4) is 22.5 Å². The molecule has 0 saturated heterocycles. The zero-order valence-electron chi connectivity index (χ0n) is 16.4. The minimum atomic E-state index is 0.0614. The Morgan fingerprint density at radius 2 is 1.48 bits per heavy atom. The number of aromatic nitrogens is 2. The van der Waals surface area contributed by atoms with E-state index in [4.69, 9.17) is 0 Å². The highest BCUT2D eigenvalue weighted by atomic mass is 16.1. The summed E-state index contributed by atoms with van der Waals surface area (Å²) in [4.78, 5) is 20.8. The molecule has 0 radical (unpaired) electrons. The summed E-state index contributed by atoms with van der Waals surface area (Å²) in [5.74, 6) is 0.0614. The van der Waals surface area contributed by atoms with Crippen LogP contribution in [0.4, 0.5) is 0 Å². The summed E-state index contributed by atoms with van der Waals surface area (Å²) in [6.07, 6.45) is 1.82. The van der Waals surface area contributed by atoms with Crippen molar-refractivity contribution in [3.05, 3.63) is 90.1 Å². The Morgan fingerprint density at radius 3 is 2.31 bits per heavy atom. The van der Waals surface area contributed by atoms with Crippen molar-refractivity contribution in [2.75, 3.05) is 0 Å². The lowest BCUT2D eigenvalue weighted by atomic mass is 9.96. The number of fused-ring (bicyclic) bond motifs is 2. The quantitative estimate of drug-likeness (QED) is 0.362. The van der Waals surface area contributed by atoms with Crippen LogP contribution in [-0.4, -0.2) is 15.8 Å². The van der Waals surface area contributed by atoms with Gasteiger partial charge in [0.05, 0.1) is 16.9 Å². The van der Waals surface area contributed by atoms with Crippen LogP contribution >= 0.6 is 0 Å². The normalized spacial score (nSPS) is 11.2. The molecule has 3 nitrogen and oxygen atoms in total. The van der Waals surface area contributed by atoms with E-state index in [0.29, 0.717) is 0 Å². The molecular formula is C26H20N2O. The van der Waals surface area contributed by atoms with Gasteiger partial charge in [-0.3, -0.25) is 9.78 Å². The van der Waals surface area contributed by atoms with Crippen molar-refractivity contribution in [2.24, 2.45) is 0 Å². The van der Waals surface area contributed by atoms with E-state index in [1.807, 2.05) is 55.6 Å². The molecule has 0 aliphatic carbocycles. The van der Waals surface area contributed by atoms with E-state index in [1.54, 1.807) is 6.92 Å². The van der Waals surface area contributed by atoms with Gasteiger partial charge in [-0.2, -0.15) is 0 Å². The van der Waals surface area contributed by atoms with Crippen molar-refractivity contribution in [1.29, 1.82) is 0 Å². The monoisotopic (exact) mass is 376 g/mol. The lowest BCUT2D eigenvalue weighted by Gasteiger charge is -2.07. The van der Waals surface area contributed by atoms with Crippen LogP contribution in [0.3, 0.4) is 0 Å². The van der Waals surface area contributed by atoms with Gasteiger partial charge in [0, 0.05) is 28.3 Å². The van der Waals surface area contributed by atoms with Gasteiger partial charge in [-0.15, -0.1) is 0 Å². The summed E-state index contributed by atoms with van der Waals surface area (Å²) in [5, 5.41) is 3.35. The van der Waals surface area contributed by atoms with Crippen LogP contribution in [0.15, 0.2) is 79.0 Å². The van der Waals surface area contributed by atoms with Gasteiger partial charge in [0.1, 0.15) is 0 Å². The molecular weight excluding hydrogens is 356 g/mol. The molecule has 2 heterocycles. The third kappa shape index (κ3) is 2.74. The molecule has 3 heteroatoms. The van der Waals surface area contributed by atoms with E-state index in [-0.39, 0.29) is 5.78 Å². The first kappa shape index (κ1) is 17.4. The second-order valence-electron chi connectivity index (χ2n) is 7.33. The Kier molecular flexibility index (Phi) is 4.02. The Balaban J connectivity index is 1.84. The maximum Gasteiger partial charge on any atom is 0.162 e. The molecule has 0 unspecified atom stereocenters. The molecule has 0 bridgehead atoms. The number of aromatic amines is 1. The average Bonchev–Trinajstić information content (AvgIpc) is 3.10. The molecule has 140 valence electrons. The largest absolute Gasteiger partial charge is 0.354 e. The van der Waals surface area contributed by atoms with Gasteiger partial charge < -0.3 is 4.98 Å². The van der Waals surface area contributed by atoms with Crippen LogP contribution in [0, 0.1) is 6.92 Å². The highest BCUT2D eigenvalue weighted by molar-refractivity contribution is 6.08. The van der Waals surface area contributed by atoms with Gasteiger partial charge in [0.25, 0.3) is 0 Å². The molecule has 0 spiro atoms. The van der Waals surface area contributed by atoms with Gasteiger partial charge >= 0.3 is 0 Å². The van der Waals surface area contributed by atoms with E-state index < -0.39 is 0 Å². The summed E-state index contributed by atoms with van der Waals surface area (Å²) in [5.41, 5.74) is 6.60. The highest BCUT2D eigenvalue weighted by Crippen LogP contribution is 2.38. The molecule has 29 heavy (non-hydrogen) atoms.